The molecule has 2 aliphatic carbocycles. The van der Waals surface area contributed by atoms with Gasteiger partial charge in [-0.25, -0.2) is 4.79 Å². The average molecular weight is 426 g/mol. The maximum absolute atomic E-state index is 13.7. The summed E-state index contributed by atoms with van der Waals surface area (Å²) < 4.78 is 46.3. The molecule has 10 heteroatoms. The molecule has 0 aliphatic heterocycles. The fraction of sp³-hybridized carbons (Fsp3) is 0.474. The van der Waals surface area contributed by atoms with Crippen molar-refractivity contribution in [3.63, 3.8) is 0 Å². The summed E-state index contributed by atoms with van der Waals surface area (Å²) in [6.45, 7) is 1.33. The Hall–Kier alpha value is -2.49. The van der Waals surface area contributed by atoms with Crippen LogP contribution in [0.3, 0.4) is 0 Å². The molecule has 0 spiro atoms. The molecule has 29 heavy (non-hydrogen) atoms. The Kier molecular flexibility index (Phi) is 4.84. The number of aromatic nitrogens is 2. The van der Waals surface area contributed by atoms with Crippen LogP contribution in [0.25, 0.3) is 11.5 Å². The molecule has 0 aromatic carbocycles. The second-order valence-corrected chi connectivity index (χ2v) is 8.59. The van der Waals surface area contributed by atoms with E-state index in [1.165, 1.54) is 6.92 Å². The number of carboxylic acid groups (broad SMARTS) is 1. The van der Waals surface area contributed by atoms with Crippen LogP contribution in [-0.4, -0.2) is 27.0 Å². The van der Waals surface area contributed by atoms with Crippen LogP contribution >= 0.6 is 11.3 Å². The Balaban J connectivity index is 1.76. The van der Waals surface area contributed by atoms with Crippen molar-refractivity contribution >= 4 is 23.1 Å². The number of aliphatic carboxylic acids is 1. The Labute approximate surface area is 167 Å². The van der Waals surface area contributed by atoms with Crippen LogP contribution < -0.4 is 0 Å². The molecule has 0 unspecified atom stereocenters. The maximum Gasteiger partial charge on any atom is 0.418 e. The third kappa shape index (κ3) is 3.73. The van der Waals surface area contributed by atoms with Gasteiger partial charge >= 0.3 is 12.1 Å². The van der Waals surface area contributed by atoms with Gasteiger partial charge in [-0.3, -0.25) is 4.79 Å². The summed E-state index contributed by atoms with van der Waals surface area (Å²) >= 11 is 0.854. The van der Waals surface area contributed by atoms with E-state index in [2.05, 4.69) is 10.1 Å². The number of hydrogen-bond acceptors (Lipinski definition) is 6. The second-order valence-electron chi connectivity index (χ2n) is 7.28. The third-order valence-corrected chi connectivity index (χ3v) is 6.28. The zero-order valence-corrected chi connectivity index (χ0v) is 16.2. The van der Waals surface area contributed by atoms with Crippen LogP contribution in [0.4, 0.5) is 13.2 Å². The van der Waals surface area contributed by atoms with Crippen molar-refractivity contribution in [2.24, 2.45) is 0 Å². The van der Waals surface area contributed by atoms with E-state index in [1.807, 2.05) is 0 Å². The fourth-order valence-electron chi connectivity index (χ4n) is 3.68. The van der Waals surface area contributed by atoms with E-state index in [-0.39, 0.29) is 51.1 Å². The van der Waals surface area contributed by atoms with Crippen LogP contribution in [0.5, 0.6) is 0 Å². The molecular weight excluding hydrogens is 409 g/mol. The number of thiophene rings is 1. The van der Waals surface area contributed by atoms with Crippen LogP contribution in [-0.2, 0) is 22.2 Å². The van der Waals surface area contributed by atoms with Crippen LogP contribution in [0.1, 0.15) is 59.2 Å². The van der Waals surface area contributed by atoms with E-state index in [4.69, 9.17) is 4.52 Å². The van der Waals surface area contributed by atoms with Crippen molar-refractivity contribution in [1.29, 1.82) is 0 Å². The van der Waals surface area contributed by atoms with Gasteiger partial charge in [0, 0.05) is 33.2 Å². The van der Waals surface area contributed by atoms with Crippen LogP contribution in [0.2, 0.25) is 0 Å². The first-order valence-corrected chi connectivity index (χ1v) is 10.0. The smallest absolute Gasteiger partial charge is 0.418 e. The van der Waals surface area contributed by atoms with Gasteiger partial charge in [-0.15, -0.1) is 11.3 Å². The summed E-state index contributed by atoms with van der Waals surface area (Å²) in [5.41, 5.74) is -0.902. The normalized spacial score (nSPS) is 17.2. The summed E-state index contributed by atoms with van der Waals surface area (Å²) in [6, 6.07) is 0. The molecule has 1 saturated carbocycles. The van der Waals surface area contributed by atoms with Crippen molar-refractivity contribution in [3.8, 4) is 11.5 Å². The lowest BCUT2D eigenvalue weighted by molar-refractivity contribution is -0.137. The molecule has 1 fully saturated rings. The topological polar surface area (TPSA) is 93.3 Å². The Morgan fingerprint density at radius 3 is 2.55 bits per heavy atom. The van der Waals surface area contributed by atoms with Crippen LogP contribution in [0, 0.1) is 6.92 Å². The lowest BCUT2D eigenvalue weighted by Gasteiger charge is -2.09. The summed E-state index contributed by atoms with van der Waals surface area (Å²) in [7, 11) is 0. The molecular formula is C19H17F3N2O4S. The number of alkyl halides is 3. The Bertz CT molecular complexity index is 1030. The molecule has 0 atom stereocenters. The van der Waals surface area contributed by atoms with Gasteiger partial charge in [-0.05, 0) is 39.0 Å². The summed E-state index contributed by atoms with van der Waals surface area (Å²) in [4.78, 5) is 28.4. The monoisotopic (exact) mass is 426 g/mol. The first-order valence-electron chi connectivity index (χ1n) is 9.18. The third-order valence-electron chi connectivity index (χ3n) is 5.17. The zero-order valence-electron chi connectivity index (χ0n) is 15.4. The van der Waals surface area contributed by atoms with Gasteiger partial charge in [0.2, 0.25) is 0 Å². The molecule has 6 nitrogen and oxygen atoms in total. The van der Waals surface area contributed by atoms with E-state index in [1.54, 1.807) is 0 Å². The molecule has 154 valence electrons. The van der Waals surface area contributed by atoms with Crippen molar-refractivity contribution in [3.05, 3.63) is 32.3 Å². The van der Waals surface area contributed by atoms with Crippen molar-refractivity contribution in [1.82, 2.24) is 10.1 Å². The number of carboxylic acids is 1. The van der Waals surface area contributed by atoms with Gasteiger partial charge in [-0.1, -0.05) is 5.16 Å². The van der Waals surface area contributed by atoms with Crippen molar-refractivity contribution in [2.75, 3.05) is 0 Å². The number of ketones is 1. The van der Waals surface area contributed by atoms with E-state index in [0.717, 1.165) is 24.2 Å². The van der Waals surface area contributed by atoms with Gasteiger partial charge in [0.15, 0.2) is 11.6 Å². The summed E-state index contributed by atoms with van der Waals surface area (Å²) in [5, 5.41) is 13.1. The molecule has 4 rings (SSSR count). The number of rotatable bonds is 6. The highest BCUT2D eigenvalue weighted by Crippen LogP contribution is 2.46. The average Bonchev–Trinajstić information content (AvgIpc) is 3.06. The van der Waals surface area contributed by atoms with E-state index >= 15 is 0 Å². The SMILES string of the molecule is Cc1sc(CC(=O)C2=C(C(=O)O)CCC2)c(-c2nc(C3CC3)no2)c1C(F)(F)F. The van der Waals surface area contributed by atoms with Gasteiger partial charge in [0.1, 0.15) is 0 Å². The first-order chi connectivity index (χ1) is 13.7. The first kappa shape index (κ1) is 19.8. The maximum atomic E-state index is 13.7. The highest BCUT2D eigenvalue weighted by atomic mass is 32.1. The Morgan fingerprint density at radius 2 is 1.93 bits per heavy atom. The van der Waals surface area contributed by atoms with E-state index in [0.29, 0.717) is 18.7 Å². The summed E-state index contributed by atoms with van der Waals surface area (Å²) in [6.07, 6.45) is -2.10. The van der Waals surface area contributed by atoms with Crippen LogP contribution in [0.15, 0.2) is 15.7 Å². The second kappa shape index (κ2) is 7.08. The van der Waals surface area contributed by atoms with Crippen molar-refractivity contribution < 1.29 is 32.4 Å². The molecule has 0 saturated heterocycles. The number of carbonyl (C=O) groups is 2. The lowest BCUT2D eigenvalue weighted by atomic mass is 10.00. The molecule has 0 amide bonds. The number of halogens is 3. The number of nitrogens with zero attached hydrogens (tertiary/aromatic N) is 2. The highest BCUT2D eigenvalue weighted by Gasteiger charge is 2.41. The molecule has 2 aromatic rings. The molecule has 2 aliphatic rings. The Morgan fingerprint density at radius 1 is 1.24 bits per heavy atom. The minimum absolute atomic E-state index is 0.000307. The van der Waals surface area contributed by atoms with Gasteiger partial charge in [0.25, 0.3) is 5.89 Å². The minimum Gasteiger partial charge on any atom is -0.478 e. The molecule has 2 heterocycles. The number of allylic oxidation sites excluding steroid dienone is 1. The van der Waals surface area contributed by atoms with E-state index in [9.17, 15) is 27.9 Å². The molecule has 2 aromatic heterocycles. The zero-order chi connectivity index (χ0) is 20.9. The quantitative estimate of drug-likeness (QED) is 0.721. The lowest BCUT2D eigenvalue weighted by Crippen LogP contribution is -2.11. The number of carbonyl (C=O) groups excluding carboxylic acids is 1. The summed E-state index contributed by atoms with van der Waals surface area (Å²) in [5.74, 6) is -1.40. The largest absolute Gasteiger partial charge is 0.478 e. The molecule has 0 radical (unpaired) electrons. The highest BCUT2D eigenvalue weighted by molar-refractivity contribution is 7.12. The van der Waals surface area contributed by atoms with E-state index < -0.39 is 23.5 Å². The predicted octanol–water partition coefficient (Wildman–Crippen LogP) is 4.68. The number of hydrogen-bond donors (Lipinski definition) is 1. The molecule has 0 bridgehead atoms. The standard InChI is InChI=1S/C19H17F3N2O4S/c1-8-15(19(20,21)22)14(17-23-16(24-28-17)9-5-6-9)13(29-8)7-12(25)10-3-2-4-11(10)18(26)27/h9H,2-7H2,1H3,(H,26,27). The predicted molar refractivity (Wildman–Crippen MR) is 96.5 cm³/mol. The van der Waals surface area contributed by atoms with Gasteiger partial charge < -0.3 is 9.63 Å². The van der Waals surface area contributed by atoms with Gasteiger partial charge in [-0.2, -0.15) is 18.2 Å². The fourth-order valence-corrected chi connectivity index (χ4v) is 4.86. The van der Waals surface area contributed by atoms with Gasteiger partial charge in [0.05, 0.1) is 11.1 Å². The minimum atomic E-state index is -4.65. The number of Topliss-reactive ketones (excluding diaryl/α,β-unsaturated/α-hetero) is 1. The van der Waals surface area contributed by atoms with Crippen molar-refractivity contribution in [2.45, 2.75) is 57.5 Å². The number of aryl methyl sites for hydroxylation is 1. The molecule has 1 N–H and O–H groups in total.